The normalized spacial score (nSPS) is 24.5. The van der Waals surface area contributed by atoms with Crippen LogP contribution in [-0.2, 0) is 16.8 Å². The second-order valence-corrected chi connectivity index (χ2v) is 4.51. The van der Waals surface area contributed by atoms with Crippen molar-refractivity contribution in [1.82, 2.24) is 4.57 Å². The van der Waals surface area contributed by atoms with E-state index in [1.165, 1.54) is 0 Å². The van der Waals surface area contributed by atoms with Crippen molar-refractivity contribution in [2.24, 2.45) is 5.73 Å². The summed E-state index contributed by atoms with van der Waals surface area (Å²) in [6.45, 7) is 4.13. The molecule has 0 aliphatic heterocycles. The van der Waals surface area contributed by atoms with Gasteiger partial charge in [-0.2, -0.15) is 0 Å². The van der Waals surface area contributed by atoms with Crippen molar-refractivity contribution in [2.45, 2.75) is 38.3 Å². The minimum absolute atomic E-state index is 0.341. The Morgan fingerprint density at radius 1 is 1.60 bits per heavy atom. The molecule has 0 spiro atoms. The number of nitrogens with zero attached hydrogens (tertiary/aromatic N) is 1. The number of carbonyl (C=O) groups is 1. The van der Waals surface area contributed by atoms with Crippen molar-refractivity contribution in [3.05, 3.63) is 23.5 Å². The summed E-state index contributed by atoms with van der Waals surface area (Å²) < 4.78 is 2.02. The molecule has 4 nitrogen and oxygen atoms in total. The molecule has 1 aliphatic carbocycles. The predicted molar refractivity (Wildman–Crippen MR) is 56.6 cm³/mol. The molecule has 0 radical (unpaired) electrons. The molecule has 1 aromatic heterocycles. The van der Waals surface area contributed by atoms with Crippen LogP contribution in [0, 0.1) is 0 Å². The van der Waals surface area contributed by atoms with Crippen molar-refractivity contribution in [2.75, 3.05) is 0 Å². The number of nitrogens with two attached hydrogens (primary N) is 1. The molecule has 15 heavy (non-hydrogen) atoms. The van der Waals surface area contributed by atoms with E-state index in [-0.39, 0.29) is 0 Å². The Labute approximate surface area is 88.7 Å². The number of aryl methyl sites for hydroxylation is 1. The highest BCUT2D eigenvalue weighted by Gasteiger charge is 2.43. The Bertz CT molecular complexity index is 409. The zero-order chi connectivity index (χ0) is 11.2. The van der Waals surface area contributed by atoms with E-state index < -0.39 is 11.5 Å². The van der Waals surface area contributed by atoms with Gasteiger partial charge in [-0.15, -0.1) is 0 Å². The van der Waals surface area contributed by atoms with E-state index in [2.05, 4.69) is 13.8 Å². The number of carboxylic acid groups (broad SMARTS) is 1. The summed E-state index contributed by atoms with van der Waals surface area (Å²) in [6, 6.07) is 0.341. The molecule has 1 atom stereocenters. The van der Waals surface area contributed by atoms with Crippen LogP contribution >= 0.6 is 0 Å². The Morgan fingerprint density at radius 2 is 2.27 bits per heavy atom. The van der Waals surface area contributed by atoms with Crippen LogP contribution in [0.4, 0.5) is 0 Å². The lowest BCUT2D eigenvalue weighted by Crippen LogP contribution is -2.42. The molecule has 1 heterocycles. The summed E-state index contributed by atoms with van der Waals surface area (Å²) in [6.07, 6.45) is 5.16. The van der Waals surface area contributed by atoms with Crippen LogP contribution in [0.5, 0.6) is 0 Å². The third-order valence-corrected chi connectivity index (χ3v) is 3.18. The van der Waals surface area contributed by atoms with Gasteiger partial charge in [0.1, 0.15) is 5.54 Å². The first-order valence-electron chi connectivity index (χ1n) is 5.18. The number of carboxylic acids is 1. The third kappa shape index (κ3) is 1.36. The smallest absolute Gasteiger partial charge is 0.328 e. The van der Waals surface area contributed by atoms with E-state index in [0.29, 0.717) is 12.5 Å². The zero-order valence-electron chi connectivity index (χ0n) is 9.03. The maximum atomic E-state index is 11.1. The zero-order valence-corrected chi connectivity index (χ0v) is 9.03. The van der Waals surface area contributed by atoms with E-state index in [9.17, 15) is 4.79 Å². The van der Waals surface area contributed by atoms with Crippen molar-refractivity contribution < 1.29 is 9.90 Å². The molecule has 0 saturated heterocycles. The highest BCUT2D eigenvalue weighted by atomic mass is 16.4. The largest absolute Gasteiger partial charge is 0.480 e. The van der Waals surface area contributed by atoms with Gasteiger partial charge in [-0.1, -0.05) is 0 Å². The fourth-order valence-corrected chi connectivity index (χ4v) is 2.11. The molecule has 0 bridgehead atoms. The number of aromatic nitrogens is 1. The van der Waals surface area contributed by atoms with E-state index in [1.807, 2.05) is 17.0 Å². The average Bonchev–Trinajstić information content (AvgIpc) is 2.67. The van der Waals surface area contributed by atoms with Crippen LogP contribution in [0.2, 0.25) is 0 Å². The monoisotopic (exact) mass is 208 g/mol. The van der Waals surface area contributed by atoms with Gasteiger partial charge < -0.3 is 15.4 Å². The predicted octanol–water partition coefficient (Wildman–Crippen LogP) is 1.25. The maximum Gasteiger partial charge on any atom is 0.328 e. The summed E-state index contributed by atoms with van der Waals surface area (Å²) in [5.74, 6) is -0.928. The first-order chi connectivity index (χ1) is 6.95. The maximum absolute atomic E-state index is 11.1. The number of hydrogen-bond donors (Lipinski definition) is 2. The minimum Gasteiger partial charge on any atom is -0.480 e. The van der Waals surface area contributed by atoms with Crippen LogP contribution in [-0.4, -0.2) is 15.6 Å². The van der Waals surface area contributed by atoms with Crippen molar-refractivity contribution in [3.8, 4) is 0 Å². The second kappa shape index (κ2) is 3.10. The Balaban J connectivity index is 2.46. The quantitative estimate of drug-likeness (QED) is 0.768. The average molecular weight is 208 g/mol. The first-order valence-corrected chi connectivity index (χ1v) is 5.18. The van der Waals surface area contributed by atoms with Crippen LogP contribution in [0.1, 0.15) is 37.4 Å². The van der Waals surface area contributed by atoms with Gasteiger partial charge in [-0.05, 0) is 32.3 Å². The molecule has 1 aromatic rings. The van der Waals surface area contributed by atoms with Crippen LogP contribution in [0.25, 0.3) is 0 Å². The molecular formula is C11H16N2O2. The van der Waals surface area contributed by atoms with Gasteiger partial charge in [0.05, 0.1) is 0 Å². The van der Waals surface area contributed by atoms with E-state index >= 15 is 0 Å². The summed E-state index contributed by atoms with van der Waals surface area (Å²) >= 11 is 0. The van der Waals surface area contributed by atoms with Crippen LogP contribution < -0.4 is 5.73 Å². The SMILES string of the molecule is CC(C)n1cc2c(c1)C(N)(C(=O)O)CC2. The van der Waals surface area contributed by atoms with E-state index in [0.717, 1.165) is 17.5 Å². The second-order valence-electron chi connectivity index (χ2n) is 4.51. The Hall–Kier alpha value is -1.29. The molecular weight excluding hydrogens is 192 g/mol. The molecule has 1 unspecified atom stereocenters. The fourth-order valence-electron chi connectivity index (χ4n) is 2.11. The Kier molecular flexibility index (Phi) is 2.12. The first kappa shape index (κ1) is 10.2. The minimum atomic E-state index is -1.17. The molecule has 0 amide bonds. The Morgan fingerprint density at radius 3 is 2.80 bits per heavy atom. The molecule has 0 saturated carbocycles. The lowest BCUT2D eigenvalue weighted by molar-refractivity contribution is -0.143. The van der Waals surface area contributed by atoms with Gasteiger partial charge in [0, 0.05) is 24.0 Å². The molecule has 2 rings (SSSR count). The van der Waals surface area contributed by atoms with Gasteiger partial charge in [-0.3, -0.25) is 0 Å². The lowest BCUT2D eigenvalue weighted by atomic mass is 9.95. The van der Waals surface area contributed by atoms with Crippen molar-refractivity contribution in [3.63, 3.8) is 0 Å². The van der Waals surface area contributed by atoms with Crippen molar-refractivity contribution >= 4 is 5.97 Å². The summed E-state index contributed by atoms with van der Waals surface area (Å²) in [5, 5.41) is 9.13. The molecule has 82 valence electrons. The molecule has 1 aliphatic rings. The van der Waals surface area contributed by atoms with E-state index in [4.69, 9.17) is 10.8 Å². The highest BCUT2D eigenvalue weighted by molar-refractivity contribution is 5.82. The fraction of sp³-hybridized carbons (Fsp3) is 0.545. The van der Waals surface area contributed by atoms with Gasteiger partial charge in [0.25, 0.3) is 0 Å². The van der Waals surface area contributed by atoms with Crippen LogP contribution in [0.3, 0.4) is 0 Å². The van der Waals surface area contributed by atoms with E-state index in [1.54, 1.807) is 0 Å². The number of fused-ring (bicyclic) bond motifs is 1. The standard InChI is InChI=1S/C11H16N2O2/c1-7(2)13-5-8-3-4-11(12,10(14)15)9(8)6-13/h5-7H,3-4,12H2,1-2H3,(H,14,15). The molecule has 0 aromatic carbocycles. The molecule has 0 fully saturated rings. The van der Waals surface area contributed by atoms with Crippen molar-refractivity contribution in [1.29, 1.82) is 0 Å². The summed E-state index contributed by atoms with van der Waals surface area (Å²) in [5.41, 5.74) is 6.60. The van der Waals surface area contributed by atoms with Crippen LogP contribution in [0.15, 0.2) is 12.4 Å². The number of hydrogen-bond acceptors (Lipinski definition) is 2. The van der Waals surface area contributed by atoms with Gasteiger partial charge >= 0.3 is 5.97 Å². The summed E-state index contributed by atoms with van der Waals surface area (Å²) in [4.78, 5) is 11.1. The van der Waals surface area contributed by atoms with Gasteiger partial charge in [-0.25, -0.2) is 4.79 Å². The molecule has 4 heteroatoms. The highest BCUT2D eigenvalue weighted by Crippen LogP contribution is 2.36. The topological polar surface area (TPSA) is 68.2 Å². The summed E-state index contributed by atoms with van der Waals surface area (Å²) in [7, 11) is 0. The number of rotatable bonds is 2. The van der Waals surface area contributed by atoms with Gasteiger partial charge in [0.2, 0.25) is 0 Å². The van der Waals surface area contributed by atoms with Gasteiger partial charge in [0.15, 0.2) is 0 Å². The third-order valence-electron chi connectivity index (χ3n) is 3.18. The molecule has 3 N–H and O–H groups in total. The number of aliphatic carboxylic acids is 1. The lowest BCUT2D eigenvalue weighted by Gasteiger charge is -2.18.